The predicted molar refractivity (Wildman–Crippen MR) is 124 cm³/mol. The number of fused-ring (bicyclic) bond motifs is 2. The quantitative estimate of drug-likeness (QED) is 0.715. The van der Waals surface area contributed by atoms with Crippen molar-refractivity contribution in [3.63, 3.8) is 0 Å². The van der Waals surface area contributed by atoms with Gasteiger partial charge in [0, 0.05) is 24.1 Å². The molecule has 1 heterocycles. The van der Waals surface area contributed by atoms with Crippen LogP contribution in [0, 0.1) is 0 Å². The third-order valence-electron chi connectivity index (χ3n) is 6.59. The van der Waals surface area contributed by atoms with Crippen molar-refractivity contribution in [1.29, 1.82) is 0 Å². The molecule has 1 spiro atoms. The Hall–Kier alpha value is -1.53. The zero-order chi connectivity index (χ0) is 21.1. The number of piperidine rings is 1. The van der Waals surface area contributed by atoms with Gasteiger partial charge >= 0.3 is 0 Å². The van der Waals surface area contributed by atoms with Gasteiger partial charge in [-0.1, -0.05) is 48.0 Å². The standard InChI is InChI=1S/C24H29ClN2O2S/c1-29-23-22(26-21(28)16-30-2)19-5-3-4-6-20(19)24(23)11-13-27(14-12-24)15-17-7-9-18(25)10-8-17/h3-10,22-23H,11-16H2,1-2H3,(H,26,28)/t22-,23+/m1/s1. The average Bonchev–Trinajstić information content (AvgIpc) is 3.00. The van der Waals surface area contributed by atoms with E-state index in [-0.39, 0.29) is 23.5 Å². The van der Waals surface area contributed by atoms with Crippen LogP contribution in [0.2, 0.25) is 5.02 Å². The lowest BCUT2D eigenvalue weighted by atomic mass is 9.72. The van der Waals surface area contributed by atoms with Crippen molar-refractivity contribution in [3.8, 4) is 0 Å². The van der Waals surface area contributed by atoms with E-state index in [1.165, 1.54) is 16.7 Å². The smallest absolute Gasteiger partial charge is 0.230 e. The van der Waals surface area contributed by atoms with Gasteiger partial charge < -0.3 is 10.1 Å². The van der Waals surface area contributed by atoms with E-state index < -0.39 is 0 Å². The van der Waals surface area contributed by atoms with Gasteiger partial charge in [-0.15, -0.1) is 0 Å². The SMILES string of the molecule is CO[C@H]1[C@H](NC(=O)CSC)c2ccccc2C12CCN(Cc1ccc(Cl)cc1)CC2. The summed E-state index contributed by atoms with van der Waals surface area (Å²) in [4.78, 5) is 14.9. The Kier molecular flexibility index (Phi) is 6.73. The fourth-order valence-electron chi connectivity index (χ4n) is 5.23. The second-order valence-electron chi connectivity index (χ2n) is 8.28. The Bertz CT molecular complexity index is 881. The van der Waals surface area contributed by atoms with Gasteiger partial charge in [-0.3, -0.25) is 9.69 Å². The Morgan fingerprint density at radius 2 is 1.90 bits per heavy atom. The highest BCUT2D eigenvalue weighted by molar-refractivity contribution is 7.99. The van der Waals surface area contributed by atoms with Crippen LogP contribution >= 0.6 is 23.4 Å². The van der Waals surface area contributed by atoms with Gasteiger partial charge in [-0.05, 0) is 61.0 Å². The van der Waals surface area contributed by atoms with Gasteiger partial charge in [0.15, 0.2) is 0 Å². The maximum absolute atomic E-state index is 12.4. The van der Waals surface area contributed by atoms with E-state index in [4.69, 9.17) is 16.3 Å². The van der Waals surface area contributed by atoms with Gasteiger partial charge in [0.05, 0.1) is 17.9 Å². The zero-order valence-corrected chi connectivity index (χ0v) is 19.1. The fourth-order valence-corrected chi connectivity index (χ4v) is 5.70. The summed E-state index contributed by atoms with van der Waals surface area (Å²) in [6.07, 6.45) is 3.95. The largest absolute Gasteiger partial charge is 0.378 e. The summed E-state index contributed by atoms with van der Waals surface area (Å²) >= 11 is 7.57. The van der Waals surface area contributed by atoms with Crippen LogP contribution in [0.3, 0.4) is 0 Å². The van der Waals surface area contributed by atoms with E-state index in [2.05, 4.69) is 46.6 Å². The van der Waals surface area contributed by atoms with Gasteiger partial charge in [0.25, 0.3) is 0 Å². The average molecular weight is 445 g/mol. The highest BCUT2D eigenvalue weighted by atomic mass is 35.5. The molecule has 0 bridgehead atoms. The Morgan fingerprint density at radius 3 is 2.57 bits per heavy atom. The number of halogens is 1. The van der Waals surface area contributed by atoms with Crippen LogP contribution in [-0.4, -0.2) is 49.1 Å². The van der Waals surface area contributed by atoms with Crippen molar-refractivity contribution in [1.82, 2.24) is 10.2 Å². The molecule has 4 nitrogen and oxygen atoms in total. The lowest BCUT2D eigenvalue weighted by molar-refractivity contribution is -0.121. The summed E-state index contributed by atoms with van der Waals surface area (Å²) in [7, 11) is 1.78. The predicted octanol–water partition coefficient (Wildman–Crippen LogP) is 4.42. The van der Waals surface area contributed by atoms with E-state index >= 15 is 0 Å². The summed E-state index contributed by atoms with van der Waals surface area (Å²) in [6.45, 7) is 2.94. The minimum atomic E-state index is -0.0892. The van der Waals surface area contributed by atoms with E-state index in [1.807, 2.05) is 18.4 Å². The van der Waals surface area contributed by atoms with Crippen LogP contribution in [-0.2, 0) is 21.5 Å². The first-order valence-electron chi connectivity index (χ1n) is 10.4. The number of nitrogens with zero attached hydrogens (tertiary/aromatic N) is 1. The third kappa shape index (κ3) is 4.13. The summed E-state index contributed by atoms with van der Waals surface area (Å²) in [6, 6.07) is 16.6. The van der Waals surface area contributed by atoms with Gasteiger partial charge in [-0.2, -0.15) is 11.8 Å². The Labute approximate surface area is 188 Å². The second-order valence-corrected chi connectivity index (χ2v) is 9.58. The number of thioether (sulfide) groups is 1. The number of methoxy groups -OCH3 is 1. The first-order chi connectivity index (χ1) is 14.6. The maximum Gasteiger partial charge on any atom is 0.230 e. The lowest BCUT2D eigenvalue weighted by Crippen LogP contribution is -2.50. The normalized spacial score (nSPS) is 22.8. The molecule has 0 aromatic heterocycles. The van der Waals surface area contributed by atoms with Crippen LogP contribution < -0.4 is 5.32 Å². The third-order valence-corrected chi connectivity index (χ3v) is 7.40. The molecule has 160 valence electrons. The molecule has 2 aromatic carbocycles. The highest BCUT2D eigenvalue weighted by Gasteiger charge is 2.53. The van der Waals surface area contributed by atoms with Crippen LogP contribution in [0.1, 0.15) is 35.6 Å². The minimum Gasteiger partial charge on any atom is -0.378 e. The first kappa shape index (κ1) is 21.7. The molecule has 1 saturated heterocycles. The number of carbonyl (C=O) groups excluding carboxylic acids is 1. The van der Waals surface area contributed by atoms with Crippen LogP contribution in [0.15, 0.2) is 48.5 Å². The molecule has 0 radical (unpaired) electrons. The number of ether oxygens (including phenoxy) is 1. The highest BCUT2D eigenvalue weighted by Crippen LogP contribution is 2.52. The molecule has 2 atom stereocenters. The molecular formula is C24H29ClN2O2S. The fraction of sp³-hybridized carbons (Fsp3) is 0.458. The van der Waals surface area contributed by atoms with E-state index in [0.717, 1.165) is 37.5 Å². The van der Waals surface area contributed by atoms with Crippen molar-refractivity contribution < 1.29 is 9.53 Å². The lowest BCUT2D eigenvalue weighted by Gasteiger charge is -2.44. The molecule has 30 heavy (non-hydrogen) atoms. The molecule has 4 rings (SSSR count). The van der Waals surface area contributed by atoms with E-state index in [9.17, 15) is 4.79 Å². The van der Waals surface area contributed by atoms with Crippen LogP contribution in [0.25, 0.3) is 0 Å². The molecular weight excluding hydrogens is 416 g/mol. The first-order valence-corrected chi connectivity index (χ1v) is 12.2. The number of amides is 1. The molecule has 2 aliphatic rings. The number of benzene rings is 2. The molecule has 1 amide bonds. The maximum atomic E-state index is 12.4. The van der Waals surface area contributed by atoms with E-state index in [0.29, 0.717) is 5.75 Å². The summed E-state index contributed by atoms with van der Waals surface area (Å²) in [5.41, 5.74) is 3.79. The topological polar surface area (TPSA) is 41.6 Å². The second kappa shape index (κ2) is 9.31. The molecule has 2 aromatic rings. The van der Waals surface area contributed by atoms with Crippen LogP contribution in [0.5, 0.6) is 0 Å². The minimum absolute atomic E-state index is 0.0432. The van der Waals surface area contributed by atoms with Crippen molar-refractivity contribution >= 4 is 29.3 Å². The summed E-state index contributed by atoms with van der Waals surface area (Å²) < 4.78 is 6.09. The molecule has 1 N–H and O–H groups in total. The van der Waals surface area contributed by atoms with Crippen LogP contribution in [0.4, 0.5) is 0 Å². The number of hydrogen-bond acceptors (Lipinski definition) is 4. The van der Waals surface area contributed by atoms with E-state index in [1.54, 1.807) is 18.9 Å². The van der Waals surface area contributed by atoms with Crippen molar-refractivity contribution in [2.75, 3.05) is 32.2 Å². The number of nitrogens with one attached hydrogen (secondary N) is 1. The number of carbonyl (C=O) groups is 1. The summed E-state index contributed by atoms with van der Waals surface area (Å²) in [5.74, 6) is 0.540. The molecule has 1 fully saturated rings. The van der Waals surface area contributed by atoms with Gasteiger partial charge in [-0.25, -0.2) is 0 Å². The molecule has 0 unspecified atom stereocenters. The molecule has 0 saturated carbocycles. The number of rotatable bonds is 6. The van der Waals surface area contributed by atoms with Gasteiger partial charge in [0.1, 0.15) is 0 Å². The molecule has 1 aliphatic carbocycles. The van der Waals surface area contributed by atoms with Crippen molar-refractivity contribution in [3.05, 3.63) is 70.2 Å². The zero-order valence-electron chi connectivity index (χ0n) is 17.6. The van der Waals surface area contributed by atoms with Crippen molar-refractivity contribution in [2.24, 2.45) is 0 Å². The monoisotopic (exact) mass is 444 g/mol. The number of likely N-dealkylation sites (tertiary alicyclic amines) is 1. The Morgan fingerprint density at radius 1 is 1.20 bits per heavy atom. The summed E-state index contributed by atoms with van der Waals surface area (Å²) in [5, 5.41) is 4.03. The Balaban J connectivity index is 1.54. The number of hydrogen-bond donors (Lipinski definition) is 1. The molecule has 1 aliphatic heterocycles. The van der Waals surface area contributed by atoms with Crippen molar-refractivity contribution in [2.45, 2.75) is 36.9 Å². The van der Waals surface area contributed by atoms with Gasteiger partial charge in [0.2, 0.25) is 5.91 Å². The molecule has 6 heteroatoms.